The molecule has 94 valence electrons. The van der Waals surface area contributed by atoms with E-state index in [2.05, 4.69) is 29.4 Å². The van der Waals surface area contributed by atoms with Crippen LogP contribution in [0.1, 0.15) is 52.9 Å². The number of carbonyl (C=O) groups is 1. The van der Waals surface area contributed by atoms with Crippen molar-refractivity contribution in [2.24, 2.45) is 0 Å². The van der Waals surface area contributed by atoms with Gasteiger partial charge in [-0.1, -0.05) is 49.2 Å². The summed E-state index contributed by atoms with van der Waals surface area (Å²) in [4.78, 5) is 11.6. The van der Waals surface area contributed by atoms with Crippen LogP contribution in [-0.4, -0.2) is 16.9 Å². The summed E-state index contributed by atoms with van der Waals surface area (Å²) in [6.07, 6.45) is 5.39. The molecule has 0 aliphatic rings. The van der Waals surface area contributed by atoms with Gasteiger partial charge in [-0.05, 0) is 26.2 Å². The SMILES string of the molecule is C=C(C(=O)OC(CC)CCCCC)C(C)Br. The van der Waals surface area contributed by atoms with Gasteiger partial charge in [0.25, 0.3) is 0 Å². The van der Waals surface area contributed by atoms with Crippen molar-refractivity contribution in [2.75, 3.05) is 0 Å². The number of carbonyl (C=O) groups excluding carboxylic acids is 1. The van der Waals surface area contributed by atoms with Crippen molar-refractivity contribution in [3.63, 3.8) is 0 Å². The first-order valence-corrected chi connectivity index (χ1v) is 6.98. The van der Waals surface area contributed by atoms with Crippen LogP contribution in [0.25, 0.3) is 0 Å². The number of rotatable bonds is 8. The summed E-state index contributed by atoms with van der Waals surface area (Å²) >= 11 is 3.32. The minimum absolute atomic E-state index is 0.0202. The van der Waals surface area contributed by atoms with Crippen LogP contribution in [-0.2, 0) is 9.53 Å². The molecule has 0 saturated heterocycles. The summed E-state index contributed by atoms with van der Waals surface area (Å²) in [5.41, 5.74) is 0.494. The molecule has 0 aliphatic carbocycles. The van der Waals surface area contributed by atoms with E-state index in [4.69, 9.17) is 4.74 Å². The maximum absolute atomic E-state index is 11.6. The molecule has 0 fully saturated rings. The molecule has 16 heavy (non-hydrogen) atoms. The minimum Gasteiger partial charge on any atom is -0.459 e. The van der Waals surface area contributed by atoms with Gasteiger partial charge in [0.2, 0.25) is 0 Å². The van der Waals surface area contributed by atoms with Crippen LogP contribution in [0.5, 0.6) is 0 Å². The lowest BCUT2D eigenvalue weighted by molar-refractivity contribution is -0.144. The van der Waals surface area contributed by atoms with Crippen LogP contribution in [0.3, 0.4) is 0 Å². The average molecular weight is 291 g/mol. The molecule has 0 amide bonds. The monoisotopic (exact) mass is 290 g/mol. The van der Waals surface area contributed by atoms with E-state index in [0.717, 1.165) is 19.3 Å². The van der Waals surface area contributed by atoms with Crippen molar-refractivity contribution in [3.8, 4) is 0 Å². The van der Waals surface area contributed by atoms with Gasteiger partial charge >= 0.3 is 5.97 Å². The number of alkyl halides is 1. The predicted molar refractivity (Wildman–Crippen MR) is 71.8 cm³/mol. The van der Waals surface area contributed by atoms with Crippen molar-refractivity contribution in [1.82, 2.24) is 0 Å². The molecule has 0 spiro atoms. The lowest BCUT2D eigenvalue weighted by Crippen LogP contribution is -2.21. The van der Waals surface area contributed by atoms with E-state index in [1.54, 1.807) is 0 Å². The molecular formula is C13H23BrO2. The fourth-order valence-electron chi connectivity index (χ4n) is 1.36. The molecule has 2 unspecified atom stereocenters. The number of hydrogen-bond acceptors (Lipinski definition) is 2. The van der Waals surface area contributed by atoms with Gasteiger partial charge in [-0.2, -0.15) is 0 Å². The standard InChI is InChI=1S/C13H23BrO2/c1-5-7-8-9-12(6-2)16-13(15)10(3)11(4)14/h11-12H,3,5-9H2,1-2,4H3. The topological polar surface area (TPSA) is 26.3 Å². The van der Waals surface area contributed by atoms with E-state index in [-0.39, 0.29) is 16.9 Å². The second-order valence-corrected chi connectivity index (χ2v) is 5.45. The Labute approximate surface area is 108 Å². The van der Waals surface area contributed by atoms with Crippen molar-refractivity contribution in [3.05, 3.63) is 12.2 Å². The molecule has 0 aromatic heterocycles. The zero-order chi connectivity index (χ0) is 12.6. The summed E-state index contributed by atoms with van der Waals surface area (Å²) in [6, 6.07) is 0. The highest BCUT2D eigenvalue weighted by atomic mass is 79.9. The van der Waals surface area contributed by atoms with Gasteiger partial charge in [-0.15, -0.1) is 0 Å². The maximum Gasteiger partial charge on any atom is 0.334 e. The molecule has 3 heteroatoms. The largest absolute Gasteiger partial charge is 0.459 e. The van der Waals surface area contributed by atoms with Crippen LogP contribution in [0, 0.1) is 0 Å². The molecule has 0 heterocycles. The summed E-state index contributed by atoms with van der Waals surface area (Å²) < 4.78 is 5.40. The van der Waals surface area contributed by atoms with Crippen LogP contribution >= 0.6 is 15.9 Å². The molecule has 2 nitrogen and oxygen atoms in total. The van der Waals surface area contributed by atoms with E-state index in [9.17, 15) is 4.79 Å². The van der Waals surface area contributed by atoms with Crippen molar-refractivity contribution in [1.29, 1.82) is 0 Å². The van der Waals surface area contributed by atoms with E-state index >= 15 is 0 Å². The predicted octanol–water partition coefficient (Wildman–Crippen LogP) is 4.23. The van der Waals surface area contributed by atoms with Crippen molar-refractivity contribution >= 4 is 21.9 Å². The van der Waals surface area contributed by atoms with E-state index in [1.165, 1.54) is 12.8 Å². The summed E-state index contributed by atoms with van der Waals surface area (Å²) in [5, 5.41) is 0. The Balaban J connectivity index is 4.01. The summed E-state index contributed by atoms with van der Waals surface area (Å²) in [7, 11) is 0. The quantitative estimate of drug-likeness (QED) is 0.289. The second kappa shape index (κ2) is 8.80. The molecule has 2 atom stereocenters. The number of hydrogen-bond donors (Lipinski definition) is 0. The number of esters is 1. The van der Waals surface area contributed by atoms with E-state index in [1.807, 2.05) is 13.8 Å². The molecule has 0 aromatic carbocycles. The van der Waals surface area contributed by atoms with E-state index < -0.39 is 0 Å². The molecule has 0 rings (SSSR count). The molecule has 0 N–H and O–H groups in total. The highest BCUT2D eigenvalue weighted by Crippen LogP contribution is 2.15. The number of halogens is 1. The highest BCUT2D eigenvalue weighted by Gasteiger charge is 2.17. The Morgan fingerprint density at radius 1 is 1.38 bits per heavy atom. The highest BCUT2D eigenvalue weighted by molar-refractivity contribution is 9.09. The third-order valence-electron chi connectivity index (χ3n) is 2.60. The first kappa shape index (κ1) is 15.7. The molecule has 0 aromatic rings. The maximum atomic E-state index is 11.6. The van der Waals surface area contributed by atoms with Crippen LogP contribution in [0.15, 0.2) is 12.2 Å². The first-order valence-electron chi connectivity index (χ1n) is 6.06. The molecule has 0 aliphatic heterocycles. The molecule has 0 radical (unpaired) electrons. The van der Waals surface area contributed by atoms with Crippen LogP contribution in [0.2, 0.25) is 0 Å². The third kappa shape index (κ3) is 6.31. The molecule has 0 saturated carbocycles. The van der Waals surface area contributed by atoms with Gasteiger partial charge in [0.15, 0.2) is 0 Å². The Bertz CT molecular complexity index is 224. The second-order valence-electron chi connectivity index (χ2n) is 4.07. The Kier molecular flexibility index (Phi) is 8.63. The zero-order valence-electron chi connectivity index (χ0n) is 10.6. The Morgan fingerprint density at radius 2 is 2.00 bits per heavy atom. The Morgan fingerprint density at radius 3 is 2.44 bits per heavy atom. The van der Waals surface area contributed by atoms with Crippen molar-refractivity contribution < 1.29 is 9.53 Å². The van der Waals surface area contributed by atoms with Crippen LogP contribution in [0.4, 0.5) is 0 Å². The Hall–Kier alpha value is -0.310. The van der Waals surface area contributed by atoms with E-state index in [0.29, 0.717) is 5.57 Å². The number of ether oxygens (including phenoxy) is 1. The molecule has 0 bridgehead atoms. The van der Waals surface area contributed by atoms with Gasteiger partial charge in [0.05, 0.1) is 0 Å². The minimum atomic E-state index is -0.271. The van der Waals surface area contributed by atoms with Gasteiger partial charge in [-0.25, -0.2) is 4.79 Å². The molecular weight excluding hydrogens is 268 g/mol. The van der Waals surface area contributed by atoms with Crippen LogP contribution < -0.4 is 0 Å². The third-order valence-corrected chi connectivity index (χ3v) is 3.15. The van der Waals surface area contributed by atoms with Gasteiger partial charge in [0, 0.05) is 10.4 Å². The fraction of sp³-hybridized carbons (Fsp3) is 0.769. The zero-order valence-corrected chi connectivity index (χ0v) is 12.2. The lowest BCUT2D eigenvalue weighted by atomic mass is 10.1. The fourth-order valence-corrected chi connectivity index (χ4v) is 1.54. The van der Waals surface area contributed by atoms with Gasteiger partial charge in [0.1, 0.15) is 6.10 Å². The number of unbranched alkanes of at least 4 members (excludes halogenated alkanes) is 2. The smallest absolute Gasteiger partial charge is 0.334 e. The summed E-state index contributed by atoms with van der Waals surface area (Å²) in [6.45, 7) is 9.81. The van der Waals surface area contributed by atoms with Gasteiger partial charge in [-0.3, -0.25) is 0 Å². The lowest BCUT2D eigenvalue weighted by Gasteiger charge is -2.17. The first-order chi connectivity index (χ1) is 7.52. The normalized spacial score (nSPS) is 14.2. The average Bonchev–Trinajstić information content (AvgIpc) is 2.26. The summed E-state index contributed by atoms with van der Waals surface area (Å²) in [5.74, 6) is -0.271. The van der Waals surface area contributed by atoms with Gasteiger partial charge < -0.3 is 4.74 Å². The van der Waals surface area contributed by atoms with Crippen molar-refractivity contribution in [2.45, 2.75) is 63.8 Å².